The molecule has 1 atom stereocenters. The second kappa shape index (κ2) is 9.52. The number of hydrogen-bond donors (Lipinski definition) is 2. The summed E-state index contributed by atoms with van der Waals surface area (Å²) in [6, 6.07) is 8.35. The van der Waals surface area contributed by atoms with Crippen molar-refractivity contribution in [2.45, 2.75) is 24.5 Å². The van der Waals surface area contributed by atoms with Crippen LogP contribution in [0.2, 0.25) is 0 Å². The molecule has 0 aliphatic rings. The van der Waals surface area contributed by atoms with Crippen molar-refractivity contribution >= 4 is 21.6 Å². The zero-order valence-electron chi connectivity index (χ0n) is 15.8. The van der Waals surface area contributed by atoms with Crippen LogP contribution in [0.15, 0.2) is 47.4 Å². The average molecular weight is 430 g/mol. The number of rotatable bonds is 9. The predicted molar refractivity (Wildman–Crippen MR) is 101 cm³/mol. The number of ether oxygens (including phenoxy) is 3. The molecule has 0 saturated heterocycles. The average Bonchev–Trinajstić information content (AvgIpc) is 2.67. The van der Waals surface area contributed by atoms with Crippen molar-refractivity contribution in [3.63, 3.8) is 0 Å². The zero-order chi connectivity index (χ0) is 21.6. The van der Waals surface area contributed by atoms with Crippen LogP contribution in [0, 0.1) is 0 Å². The third kappa shape index (κ3) is 6.03. The fourth-order valence-corrected chi connectivity index (χ4v) is 3.51. The molecule has 11 heteroatoms. The maximum Gasteiger partial charge on any atom is 0.387 e. The number of alkyl halides is 2. The molecule has 0 bridgehead atoms. The number of halogens is 2. The molecule has 29 heavy (non-hydrogen) atoms. The quantitative estimate of drug-likeness (QED) is 0.634. The molecule has 0 aliphatic carbocycles. The van der Waals surface area contributed by atoms with Crippen molar-refractivity contribution < 1.29 is 36.2 Å². The van der Waals surface area contributed by atoms with Crippen LogP contribution in [0.3, 0.4) is 0 Å². The molecule has 0 unspecified atom stereocenters. The van der Waals surface area contributed by atoms with Gasteiger partial charge in [0.1, 0.15) is 5.75 Å². The molecular formula is C18H20F2N2O6S. The van der Waals surface area contributed by atoms with E-state index < -0.39 is 28.6 Å². The van der Waals surface area contributed by atoms with E-state index in [0.29, 0.717) is 5.75 Å². The number of methoxy groups -OCH3 is 2. The molecule has 0 radical (unpaired) electrons. The van der Waals surface area contributed by atoms with Gasteiger partial charge >= 0.3 is 6.61 Å². The van der Waals surface area contributed by atoms with Crippen LogP contribution in [0.4, 0.5) is 14.5 Å². The number of nitrogens with one attached hydrogen (secondary N) is 2. The minimum atomic E-state index is -3.97. The summed E-state index contributed by atoms with van der Waals surface area (Å²) in [5.74, 6) is -0.436. The first-order valence-electron chi connectivity index (χ1n) is 8.26. The van der Waals surface area contributed by atoms with E-state index in [1.54, 1.807) is 0 Å². The monoisotopic (exact) mass is 430 g/mol. The summed E-state index contributed by atoms with van der Waals surface area (Å²) in [7, 11) is -1.24. The third-order valence-electron chi connectivity index (χ3n) is 3.74. The van der Waals surface area contributed by atoms with Gasteiger partial charge in [0, 0.05) is 11.8 Å². The highest BCUT2D eigenvalue weighted by Crippen LogP contribution is 2.31. The highest BCUT2D eigenvalue weighted by atomic mass is 32.2. The fourth-order valence-electron chi connectivity index (χ4n) is 2.30. The summed E-state index contributed by atoms with van der Waals surface area (Å²) < 4.78 is 66.3. The van der Waals surface area contributed by atoms with Crippen LogP contribution < -0.4 is 24.2 Å². The number of carbonyl (C=O) groups is 1. The molecule has 2 aromatic rings. The second-order valence-electron chi connectivity index (χ2n) is 5.75. The summed E-state index contributed by atoms with van der Waals surface area (Å²) in [6.45, 7) is -1.73. The minimum absolute atomic E-state index is 0.0463. The molecule has 2 rings (SSSR count). The first-order chi connectivity index (χ1) is 13.7. The Balaban J connectivity index is 2.10. The predicted octanol–water partition coefficient (Wildman–Crippen LogP) is 2.61. The van der Waals surface area contributed by atoms with Crippen molar-refractivity contribution in [1.82, 2.24) is 4.72 Å². The van der Waals surface area contributed by atoms with Gasteiger partial charge in [0.2, 0.25) is 15.9 Å². The number of carbonyl (C=O) groups excluding carboxylic acids is 1. The van der Waals surface area contributed by atoms with Crippen LogP contribution in [-0.4, -0.2) is 41.2 Å². The lowest BCUT2D eigenvalue weighted by molar-refractivity contribution is -0.117. The summed E-state index contributed by atoms with van der Waals surface area (Å²) >= 11 is 0. The van der Waals surface area contributed by atoms with E-state index in [9.17, 15) is 22.0 Å². The summed E-state index contributed by atoms with van der Waals surface area (Å²) in [5.41, 5.74) is 0.127. The van der Waals surface area contributed by atoms with Crippen LogP contribution in [0.5, 0.6) is 17.2 Å². The first kappa shape index (κ1) is 22.4. The molecule has 158 valence electrons. The molecule has 1 amide bonds. The minimum Gasteiger partial charge on any atom is -0.497 e. The van der Waals surface area contributed by atoms with Crippen molar-refractivity contribution in [2.24, 2.45) is 0 Å². The number of benzene rings is 2. The van der Waals surface area contributed by atoms with Crippen molar-refractivity contribution in [3.05, 3.63) is 42.5 Å². The van der Waals surface area contributed by atoms with Gasteiger partial charge in [-0.25, -0.2) is 8.42 Å². The van der Waals surface area contributed by atoms with Gasteiger partial charge in [-0.2, -0.15) is 13.5 Å². The van der Waals surface area contributed by atoms with Gasteiger partial charge in [-0.1, -0.05) is 0 Å². The molecule has 0 aromatic heterocycles. The lowest BCUT2D eigenvalue weighted by Gasteiger charge is -2.16. The molecule has 0 aliphatic heterocycles. The van der Waals surface area contributed by atoms with E-state index >= 15 is 0 Å². The molecule has 0 fully saturated rings. The summed E-state index contributed by atoms with van der Waals surface area (Å²) in [6.07, 6.45) is 0. The molecule has 2 aromatic carbocycles. The van der Waals surface area contributed by atoms with Gasteiger partial charge in [0.15, 0.2) is 11.5 Å². The Kier molecular flexibility index (Phi) is 7.35. The number of anilines is 1. The smallest absolute Gasteiger partial charge is 0.387 e. The largest absolute Gasteiger partial charge is 0.497 e. The van der Waals surface area contributed by atoms with E-state index in [-0.39, 0.29) is 22.1 Å². The Bertz CT molecular complexity index is 951. The van der Waals surface area contributed by atoms with Crippen molar-refractivity contribution in [3.8, 4) is 17.2 Å². The van der Waals surface area contributed by atoms with Crippen LogP contribution in [0.1, 0.15) is 6.92 Å². The SMILES string of the molecule is COc1ccc(S(=O)(=O)N[C@@H](C)C(=O)Nc2ccc(OC)c(OC(F)F)c2)cc1. The van der Waals surface area contributed by atoms with Gasteiger partial charge in [0.25, 0.3) is 0 Å². The van der Waals surface area contributed by atoms with E-state index in [1.165, 1.54) is 57.5 Å². The zero-order valence-corrected chi connectivity index (χ0v) is 16.6. The molecule has 0 spiro atoms. The van der Waals surface area contributed by atoms with Crippen LogP contribution in [-0.2, 0) is 14.8 Å². The third-order valence-corrected chi connectivity index (χ3v) is 5.30. The molecule has 2 N–H and O–H groups in total. The van der Waals surface area contributed by atoms with Gasteiger partial charge in [0.05, 0.1) is 25.2 Å². The first-order valence-corrected chi connectivity index (χ1v) is 9.74. The van der Waals surface area contributed by atoms with Gasteiger partial charge in [-0.3, -0.25) is 4.79 Å². The van der Waals surface area contributed by atoms with Gasteiger partial charge < -0.3 is 19.5 Å². The van der Waals surface area contributed by atoms with Crippen LogP contribution >= 0.6 is 0 Å². The van der Waals surface area contributed by atoms with Crippen molar-refractivity contribution in [2.75, 3.05) is 19.5 Å². The Morgan fingerprint density at radius 2 is 1.66 bits per heavy atom. The lowest BCUT2D eigenvalue weighted by atomic mass is 10.2. The summed E-state index contributed by atoms with van der Waals surface area (Å²) in [4.78, 5) is 12.3. The highest BCUT2D eigenvalue weighted by molar-refractivity contribution is 7.89. The van der Waals surface area contributed by atoms with E-state index in [2.05, 4.69) is 14.8 Å². The number of hydrogen-bond acceptors (Lipinski definition) is 6. The molecule has 0 saturated carbocycles. The van der Waals surface area contributed by atoms with Gasteiger partial charge in [-0.15, -0.1) is 0 Å². The number of amides is 1. The normalized spacial score (nSPS) is 12.3. The summed E-state index contributed by atoms with van der Waals surface area (Å²) in [5, 5.41) is 2.43. The maximum absolute atomic E-state index is 12.5. The molecule has 8 nitrogen and oxygen atoms in total. The van der Waals surface area contributed by atoms with Gasteiger partial charge in [-0.05, 0) is 43.3 Å². The van der Waals surface area contributed by atoms with Crippen molar-refractivity contribution in [1.29, 1.82) is 0 Å². The van der Waals surface area contributed by atoms with E-state index in [0.717, 1.165) is 6.07 Å². The maximum atomic E-state index is 12.5. The highest BCUT2D eigenvalue weighted by Gasteiger charge is 2.22. The molecular weight excluding hydrogens is 410 g/mol. The number of sulfonamides is 1. The fraction of sp³-hybridized carbons (Fsp3) is 0.278. The topological polar surface area (TPSA) is 103 Å². The Morgan fingerprint density at radius 1 is 1.00 bits per heavy atom. The Labute approximate surface area is 166 Å². The second-order valence-corrected chi connectivity index (χ2v) is 7.47. The lowest BCUT2D eigenvalue weighted by Crippen LogP contribution is -2.41. The molecule has 0 heterocycles. The van der Waals surface area contributed by atoms with E-state index in [4.69, 9.17) is 9.47 Å². The Hall–Kier alpha value is -2.92. The van der Waals surface area contributed by atoms with E-state index in [1.807, 2.05) is 0 Å². The van der Waals surface area contributed by atoms with Crippen LogP contribution in [0.25, 0.3) is 0 Å². The Morgan fingerprint density at radius 3 is 2.21 bits per heavy atom. The standard InChI is InChI=1S/C18H20F2N2O6S/c1-11(22-29(24,25)14-7-5-13(26-2)6-8-14)17(23)21-12-4-9-15(27-3)16(10-12)28-18(19)20/h4-11,18,22H,1-3H3,(H,21,23)/t11-/m0/s1.